The molecular formula is C32H28ClF7N4O4S. The molecule has 1 aromatic heterocycles. The van der Waals surface area contributed by atoms with E-state index in [9.17, 15) is 49.9 Å². The van der Waals surface area contributed by atoms with Crippen LogP contribution in [0.25, 0.3) is 10.9 Å². The SMILES string of the molecule is CSC[C@H](C)NC(=O)c1c(Cl)cccc1C(=O)Nc1ccc(Cn2c(=O)c3cc(C(F)(C(F)(F)F)C(F)(F)F)ccc3n(C)c2=O)cc1C. The fourth-order valence-corrected chi connectivity index (χ4v) is 6.07. The molecule has 49 heavy (non-hydrogen) atoms. The summed E-state index contributed by atoms with van der Waals surface area (Å²) >= 11 is 7.80. The first-order valence-electron chi connectivity index (χ1n) is 14.3. The van der Waals surface area contributed by atoms with Crippen LogP contribution in [-0.2, 0) is 19.3 Å². The summed E-state index contributed by atoms with van der Waals surface area (Å²) in [5, 5.41) is 4.78. The molecule has 0 aliphatic rings. The molecule has 0 saturated carbocycles. The van der Waals surface area contributed by atoms with Crippen LogP contribution in [0.1, 0.15) is 44.3 Å². The number of nitrogens with zero attached hydrogens (tertiary/aromatic N) is 2. The van der Waals surface area contributed by atoms with Crippen molar-refractivity contribution >= 4 is 51.8 Å². The number of aromatic nitrogens is 2. The summed E-state index contributed by atoms with van der Waals surface area (Å²) in [4.78, 5) is 52.7. The van der Waals surface area contributed by atoms with Crippen LogP contribution >= 0.6 is 23.4 Å². The Morgan fingerprint density at radius 2 is 1.59 bits per heavy atom. The lowest BCUT2D eigenvalue weighted by Gasteiger charge is -2.30. The molecule has 0 spiro atoms. The summed E-state index contributed by atoms with van der Waals surface area (Å²) in [7, 11) is 1.15. The summed E-state index contributed by atoms with van der Waals surface area (Å²) in [5.41, 5.74) is -9.20. The Morgan fingerprint density at radius 1 is 0.939 bits per heavy atom. The van der Waals surface area contributed by atoms with Crippen LogP contribution in [0.3, 0.4) is 0 Å². The maximum absolute atomic E-state index is 14.8. The van der Waals surface area contributed by atoms with Crippen molar-refractivity contribution in [3.05, 3.63) is 108 Å². The van der Waals surface area contributed by atoms with E-state index in [2.05, 4.69) is 10.6 Å². The molecule has 0 radical (unpaired) electrons. The minimum absolute atomic E-state index is 0.0104. The van der Waals surface area contributed by atoms with E-state index in [1.807, 2.05) is 6.26 Å². The van der Waals surface area contributed by atoms with Gasteiger partial charge in [-0.05, 0) is 61.6 Å². The number of thioether (sulfide) groups is 1. The molecule has 2 amide bonds. The molecule has 1 heterocycles. The van der Waals surface area contributed by atoms with Gasteiger partial charge < -0.3 is 10.6 Å². The van der Waals surface area contributed by atoms with Gasteiger partial charge in [-0.25, -0.2) is 9.18 Å². The molecule has 8 nitrogen and oxygen atoms in total. The number of halogens is 8. The van der Waals surface area contributed by atoms with Crippen molar-refractivity contribution in [2.45, 2.75) is 44.5 Å². The third-order valence-electron chi connectivity index (χ3n) is 7.69. The molecule has 262 valence electrons. The highest BCUT2D eigenvalue weighted by Gasteiger charge is 2.73. The molecule has 0 bridgehead atoms. The van der Waals surface area contributed by atoms with Crippen molar-refractivity contribution in [2.24, 2.45) is 7.05 Å². The second kappa shape index (κ2) is 13.9. The van der Waals surface area contributed by atoms with E-state index in [0.29, 0.717) is 27.5 Å². The molecule has 0 saturated heterocycles. The van der Waals surface area contributed by atoms with Crippen LogP contribution in [0.5, 0.6) is 0 Å². The Hall–Kier alpha value is -4.31. The van der Waals surface area contributed by atoms with Gasteiger partial charge in [0.15, 0.2) is 0 Å². The van der Waals surface area contributed by atoms with Crippen LogP contribution in [0.15, 0.2) is 64.2 Å². The number of alkyl halides is 7. The molecule has 17 heteroatoms. The molecule has 0 fully saturated rings. The summed E-state index contributed by atoms with van der Waals surface area (Å²) in [6.07, 6.45) is -10.9. The number of benzene rings is 3. The predicted octanol–water partition coefficient (Wildman–Crippen LogP) is 6.73. The fourth-order valence-electron chi connectivity index (χ4n) is 5.23. The number of amides is 2. The third kappa shape index (κ3) is 7.20. The van der Waals surface area contributed by atoms with Gasteiger partial charge in [0.05, 0.1) is 33.6 Å². The molecule has 1 atom stereocenters. The van der Waals surface area contributed by atoms with Crippen LogP contribution in [0.4, 0.5) is 36.4 Å². The predicted molar refractivity (Wildman–Crippen MR) is 173 cm³/mol. The Morgan fingerprint density at radius 3 is 2.18 bits per heavy atom. The topological polar surface area (TPSA) is 102 Å². The van der Waals surface area contributed by atoms with E-state index in [1.54, 1.807) is 13.8 Å². The molecular weight excluding hydrogens is 705 g/mol. The van der Waals surface area contributed by atoms with Gasteiger partial charge in [0.25, 0.3) is 17.4 Å². The normalized spacial score (nSPS) is 13.0. The van der Waals surface area contributed by atoms with E-state index in [-0.39, 0.29) is 45.5 Å². The Balaban J connectivity index is 1.68. The highest BCUT2D eigenvalue weighted by atomic mass is 35.5. The number of carbonyl (C=O) groups excluding carboxylic acids is 2. The van der Waals surface area contributed by atoms with Gasteiger partial charge in [-0.3, -0.25) is 23.5 Å². The lowest BCUT2D eigenvalue weighted by Crippen LogP contribution is -2.50. The Labute approximate surface area is 283 Å². The van der Waals surface area contributed by atoms with E-state index < -0.39 is 58.6 Å². The zero-order valence-corrected chi connectivity index (χ0v) is 27.7. The van der Waals surface area contributed by atoms with Crippen molar-refractivity contribution in [2.75, 3.05) is 17.3 Å². The summed E-state index contributed by atoms with van der Waals surface area (Å²) < 4.78 is 96.6. The molecule has 0 aliphatic heterocycles. The van der Waals surface area contributed by atoms with Crippen LogP contribution in [0, 0.1) is 6.92 Å². The number of anilines is 1. The van der Waals surface area contributed by atoms with Gasteiger partial charge in [0.1, 0.15) is 0 Å². The zero-order chi connectivity index (χ0) is 36.6. The first-order valence-corrected chi connectivity index (χ1v) is 16.1. The smallest absolute Gasteiger partial charge is 0.349 e. The lowest BCUT2D eigenvalue weighted by molar-refractivity contribution is -0.348. The second-order valence-corrected chi connectivity index (χ2v) is 12.5. The van der Waals surface area contributed by atoms with Gasteiger partial charge in [-0.1, -0.05) is 35.9 Å². The van der Waals surface area contributed by atoms with Gasteiger partial charge in [-0.2, -0.15) is 38.1 Å². The van der Waals surface area contributed by atoms with Crippen LogP contribution in [0.2, 0.25) is 5.02 Å². The average Bonchev–Trinajstić information content (AvgIpc) is 3.01. The Bertz CT molecular complexity index is 2050. The Kier molecular flexibility index (Phi) is 10.6. The molecule has 2 N–H and O–H groups in total. The van der Waals surface area contributed by atoms with Gasteiger partial charge in [-0.15, -0.1) is 0 Å². The fraction of sp³-hybridized carbons (Fsp3) is 0.312. The number of nitrogens with one attached hydrogen (secondary N) is 2. The van der Waals surface area contributed by atoms with Crippen molar-refractivity contribution in [1.82, 2.24) is 14.5 Å². The third-order valence-corrected chi connectivity index (χ3v) is 8.84. The second-order valence-electron chi connectivity index (χ2n) is 11.2. The maximum atomic E-state index is 14.8. The zero-order valence-electron chi connectivity index (χ0n) is 26.1. The summed E-state index contributed by atoms with van der Waals surface area (Å²) in [6.45, 7) is 2.90. The lowest BCUT2D eigenvalue weighted by atomic mass is 9.93. The number of carbonyl (C=O) groups is 2. The van der Waals surface area contributed by atoms with Crippen molar-refractivity contribution in [3.63, 3.8) is 0 Å². The van der Waals surface area contributed by atoms with Gasteiger partial charge >= 0.3 is 23.7 Å². The highest BCUT2D eigenvalue weighted by Crippen LogP contribution is 2.53. The van der Waals surface area contributed by atoms with Crippen molar-refractivity contribution in [3.8, 4) is 0 Å². The molecule has 3 aromatic carbocycles. The van der Waals surface area contributed by atoms with Gasteiger partial charge in [0.2, 0.25) is 0 Å². The monoisotopic (exact) mass is 732 g/mol. The average molecular weight is 733 g/mol. The number of hydrogen-bond donors (Lipinski definition) is 2. The van der Waals surface area contributed by atoms with Crippen LogP contribution in [-0.4, -0.2) is 51.4 Å². The minimum atomic E-state index is -6.40. The number of hydrogen-bond acceptors (Lipinski definition) is 5. The van der Waals surface area contributed by atoms with E-state index in [1.165, 1.54) is 48.2 Å². The quantitative estimate of drug-likeness (QED) is 0.186. The van der Waals surface area contributed by atoms with Gasteiger partial charge in [0, 0.05) is 30.1 Å². The van der Waals surface area contributed by atoms with E-state index in [0.717, 1.165) is 11.6 Å². The largest absolute Gasteiger partial charge is 0.435 e. The first-order chi connectivity index (χ1) is 22.7. The van der Waals surface area contributed by atoms with Crippen molar-refractivity contribution in [1.29, 1.82) is 0 Å². The number of aryl methyl sites for hydroxylation is 2. The summed E-state index contributed by atoms with van der Waals surface area (Å²) in [6, 6.07) is 9.53. The molecule has 0 unspecified atom stereocenters. The number of fused-ring (bicyclic) bond motifs is 1. The molecule has 4 rings (SSSR count). The maximum Gasteiger partial charge on any atom is 0.435 e. The van der Waals surface area contributed by atoms with E-state index >= 15 is 0 Å². The van der Waals surface area contributed by atoms with Crippen LogP contribution < -0.4 is 21.9 Å². The molecule has 4 aromatic rings. The number of rotatable bonds is 9. The minimum Gasteiger partial charge on any atom is -0.349 e. The van der Waals surface area contributed by atoms with E-state index in [4.69, 9.17) is 11.6 Å². The standard InChI is InChI=1S/C32H28ClF7N4O4S/c1-16-12-18(8-10-23(16)42-26(45)20-6-5-7-22(33)25(20)27(46)41-17(2)15-49-4)14-44-28(47)21-13-19(9-11-24(21)43(3)29(44)48)30(34,31(35,36)37)32(38,39)40/h5-13,17H,14-15H2,1-4H3,(H,41,46)(H,42,45)/t17-/m0/s1. The van der Waals surface area contributed by atoms with Crippen molar-refractivity contribution < 1.29 is 40.3 Å². The highest BCUT2D eigenvalue weighted by molar-refractivity contribution is 7.98. The molecule has 0 aliphatic carbocycles. The first kappa shape index (κ1) is 37.5. The summed E-state index contributed by atoms with van der Waals surface area (Å²) in [5.74, 6) is -0.595.